The Hall–Kier alpha value is -1.13. The Labute approximate surface area is 91.8 Å². The highest BCUT2D eigenvalue weighted by Gasteiger charge is 1.97. The lowest BCUT2D eigenvalue weighted by Crippen LogP contribution is -1.73. The number of fused-ring (bicyclic) bond motifs is 1. The highest BCUT2D eigenvalue weighted by Crippen LogP contribution is 2.17. The van der Waals surface area contributed by atoms with Gasteiger partial charge >= 0.3 is 0 Å². The molecule has 0 fully saturated rings. The maximum atomic E-state index is 9.00. The van der Waals surface area contributed by atoms with Gasteiger partial charge in [-0.25, -0.2) is 0 Å². The molecule has 2 rings (SSSR count). The van der Waals surface area contributed by atoms with E-state index in [0.717, 1.165) is 12.7 Å². The Morgan fingerprint density at radius 2 is 2.00 bits per heavy atom. The van der Waals surface area contributed by atoms with Crippen LogP contribution in [0, 0.1) is 0 Å². The molecule has 15 heavy (non-hydrogen) atoms. The zero-order chi connectivity index (χ0) is 11.3. The van der Waals surface area contributed by atoms with E-state index >= 15 is 0 Å². The van der Waals surface area contributed by atoms with Crippen molar-refractivity contribution in [2.75, 3.05) is 6.26 Å². The number of hydrogen-bond donors (Lipinski definition) is 1. The van der Waals surface area contributed by atoms with Gasteiger partial charge in [-0.1, -0.05) is 36.2 Å². The van der Waals surface area contributed by atoms with Gasteiger partial charge in [-0.15, -0.1) is 0 Å². The number of nitrogens with one attached hydrogen (secondary N) is 1. The summed E-state index contributed by atoms with van der Waals surface area (Å²) in [7, 11) is 0. The van der Waals surface area contributed by atoms with Gasteiger partial charge in [-0.3, -0.25) is 4.21 Å². The molecule has 0 bridgehead atoms. The predicted molar refractivity (Wildman–Crippen MR) is 62.5 cm³/mol. The summed E-state index contributed by atoms with van der Waals surface area (Å²) in [6.45, 7) is 2.18. The van der Waals surface area contributed by atoms with E-state index in [1.165, 1.54) is 16.5 Å². The first-order valence-electron chi connectivity index (χ1n) is 4.71. The molecule has 1 unspecified atom stereocenters. The van der Waals surface area contributed by atoms with Crippen molar-refractivity contribution in [2.24, 2.45) is 0 Å². The normalized spacial score (nSPS) is 11.9. The number of rotatable bonds is 1. The molecule has 3 nitrogen and oxygen atoms in total. The lowest BCUT2D eigenvalue weighted by Gasteiger charge is -1.90. The lowest BCUT2D eigenvalue weighted by atomic mass is 10.1. The van der Waals surface area contributed by atoms with Crippen molar-refractivity contribution in [1.29, 1.82) is 0 Å². The first kappa shape index (κ1) is 11.9. The second kappa shape index (κ2) is 5.68. The zero-order valence-electron chi connectivity index (χ0n) is 8.82. The highest BCUT2D eigenvalue weighted by molar-refractivity contribution is 7.78. The fourth-order valence-electron chi connectivity index (χ4n) is 1.42. The molecule has 4 heteroatoms. The second-order valence-electron chi connectivity index (χ2n) is 3.11. The fourth-order valence-corrected chi connectivity index (χ4v) is 1.42. The molecule has 82 valence electrons. The van der Waals surface area contributed by atoms with Crippen molar-refractivity contribution in [2.45, 2.75) is 13.3 Å². The van der Waals surface area contributed by atoms with Crippen molar-refractivity contribution in [1.82, 2.24) is 4.98 Å². The van der Waals surface area contributed by atoms with Gasteiger partial charge in [0.25, 0.3) is 0 Å². The van der Waals surface area contributed by atoms with Crippen molar-refractivity contribution in [3.63, 3.8) is 0 Å². The molecule has 0 aliphatic carbocycles. The van der Waals surface area contributed by atoms with Crippen LogP contribution in [0.1, 0.15) is 12.5 Å². The maximum absolute atomic E-state index is 9.00. The van der Waals surface area contributed by atoms with Crippen LogP contribution in [0.4, 0.5) is 0 Å². The third-order valence-electron chi connectivity index (χ3n) is 2.06. The van der Waals surface area contributed by atoms with Crippen LogP contribution < -0.4 is 0 Å². The molecule has 0 aliphatic heterocycles. The molecule has 0 saturated carbocycles. The van der Waals surface area contributed by atoms with Crippen LogP contribution in [-0.2, 0) is 17.5 Å². The second-order valence-corrected chi connectivity index (χ2v) is 3.92. The van der Waals surface area contributed by atoms with Gasteiger partial charge in [0.1, 0.15) is 0 Å². The van der Waals surface area contributed by atoms with Gasteiger partial charge in [-0.2, -0.15) is 0 Å². The lowest BCUT2D eigenvalue weighted by molar-refractivity contribution is 0.543. The molecule has 1 atom stereocenters. The van der Waals surface area contributed by atoms with E-state index in [4.69, 9.17) is 8.76 Å². The molecule has 1 heterocycles. The average molecular weight is 224 g/mol. The van der Waals surface area contributed by atoms with Crippen molar-refractivity contribution in [3.05, 3.63) is 36.0 Å². The smallest absolute Gasteiger partial charge is 0.0456 e. The Morgan fingerprint density at radius 1 is 1.40 bits per heavy atom. The first-order chi connectivity index (χ1) is 7.15. The van der Waals surface area contributed by atoms with Gasteiger partial charge < -0.3 is 9.54 Å². The van der Waals surface area contributed by atoms with Crippen LogP contribution in [0.3, 0.4) is 0 Å². The summed E-state index contributed by atoms with van der Waals surface area (Å²) in [6, 6.07) is 8.40. The number of aryl methyl sites for hydroxylation is 1. The van der Waals surface area contributed by atoms with Crippen molar-refractivity contribution in [3.8, 4) is 0 Å². The van der Waals surface area contributed by atoms with Gasteiger partial charge in [0.2, 0.25) is 0 Å². The topological polar surface area (TPSA) is 55.9 Å². The summed E-state index contributed by atoms with van der Waals surface area (Å²) >= 11 is -1.86. The minimum Gasteiger partial charge on any atom is -0.773 e. The predicted octanol–water partition coefficient (Wildman–Crippen LogP) is 2.23. The molecular weight excluding hydrogens is 210 g/mol. The van der Waals surface area contributed by atoms with E-state index in [1.54, 1.807) is 0 Å². The minimum absolute atomic E-state index is 1.08. The molecule has 0 radical (unpaired) electrons. The monoisotopic (exact) mass is 224 g/mol. The van der Waals surface area contributed by atoms with Gasteiger partial charge in [0.15, 0.2) is 0 Å². The van der Waals surface area contributed by atoms with E-state index in [9.17, 15) is 0 Å². The third kappa shape index (κ3) is 3.49. The molecule has 1 aromatic carbocycles. The Balaban J connectivity index is 0.000000245. The quantitative estimate of drug-likeness (QED) is 0.755. The summed E-state index contributed by atoms with van der Waals surface area (Å²) in [5.74, 6) is 0. The summed E-state index contributed by atoms with van der Waals surface area (Å²) in [5.41, 5.74) is 2.64. The van der Waals surface area contributed by atoms with Crippen LogP contribution >= 0.6 is 0 Å². The van der Waals surface area contributed by atoms with Gasteiger partial charge in [0.05, 0.1) is 0 Å². The molecule has 1 N–H and O–H groups in total. The molecule has 0 amide bonds. The summed E-state index contributed by atoms with van der Waals surface area (Å²) in [5, 5.41) is 1.36. The first-order valence-corrected chi connectivity index (χ1v) is 6.19. The average Bonchev–Trinajstić information content (AvgIpc) is 2.59. The van der Waals surface area contributed by atoms with Gasteiger partial charge in [-0.05, 0) is 24.3 Å². The number of H-pyrrole nitrogens is 1. The zero-order valence-corrected chi connectivity index (χ0v) is 9.64. The van der Waals surface area contributed by atoms with Crippen LogP contribution in [0.2, 0.25) is 0 Å². The molecule has 0 saturated heterocycles. The van der Waals surface area contributed by atoms with E-state index in [0.29, 0.717) is 0 Å². The minimum atomic E-state index is -1.86. The third-order valence-corrected chi connectivity index (χ3v) is 2.06. The SMILES string of the molecule is CCc1c[nH]c2ccccc12.CS(=O)[O-]. The summed E-state index contributed by atoms with van der Waals surface area (Å²) in [4.78, 5) is 3.24. The standard InChI is InChI=1S/C10H11N.CH4O2S/c1-2-8-7-11-10-6-4-3-5-9(8)10;1-4(2)3/h3-7,11H,2H2,1H3;1H3,(H,2,3)/p-1. The fraction of sp³-hybridized carbons (Fsp3) is 0.273. The van der Waals surface area contributed by atoms with Crippen LogP contribution in [0.15, 0.2) is 30.5 Å². The molecule has 0 spiro atoms. The molecule has 2 aromatic rings. The van der Waals surface area contributed by atoms with E-state index in [1.807, 2.05) is 0 Å². The van der Waals surface area contributed by atoms with E-state index in [-0.39, 0.29) is 0 Å². The Bertz CT molecular complexity index is 447. The van der Waals surface area contributed by atoms with Gasteiger partial charge in [0, 0.05) is 17.1 Å². The summed E-state index contributed by atoms with van der Waals surface area (Å²) in [6.07, 6.45) is 4.27. The van der Waals surface area contributed by atoms with E-state index < -0.39 is 11.1 Å². The number of aromatic amines is 1. The number of benzene rings is 1. The number of para-hydroxylation sites is 1. The number of hydrogen-bond acceptors (Lipinski definition) is 2. The Morgan fingerprint density at radius 3 is 2.60 bits per heavy atom. The highest BCUT2D eigenvalue weighted by atomic mass is 32.2. The van der Waals surface area contributed by atoms with E-state index in [2.05, 4.69) is 42.4 Å². The van der Waals surface area contributed by atoms with Crippen molar-refractivity contribution >= 4 is 22.0 Å². The largest absolute Gasteiger partial charge is 0.773 e. The molecule has 1 aromatic heterocycles. The maximum Gasteiger partial charge on any atom is 0.0456 e. The Kier molecular flexibility index (Phi) is 4.52. The molecular formula is C11H14NO2S-. The van der Waals surface area contributed by atoms with Crippen molar-refractivity contribution < 1.29 is 8.76 Å². The van der Waals surface area contributed by atoms with Crippen LogP contribution in [-0.4, -0.2) is 20.0 Å². The summed E-state index contributed by atoms with van der Waals surface area (Å²) < 4.78 is 18.0. The number of aromatic nitrogens is 1. The van der Waals surface area contributed by atoms with Crippen LogP contribution in [0.5, 0.6) is 0 Å². The molecule has 0 aliphatic rings. The van der Waals surface area contributed by atoms with Crippen LogP contribution in [0.25, 0.3) is 10.9 Å².